The van der Waals surface area contributed by atoms with E-state index in [4.69, 9.17) is 17.0 Å². The van der Waals surface area contributed by atoms with Crippen molar-refractivity contribution < 1.29 is 4.74 Å². The number of aromatic amines is 1. The second kappa shape index (κ2) is 6.31. The number of hydrogen-bond acceptors (Lipinski definition) is 5. The van der Waals surface area contributed by atoms with Crippen LogP contribution in [0, 0.1) is 4.77 Å². The molecule has 3 aromatic rings. The van der Waals surface area contributed by atoms with E-state index < -0.39 is 0 Å². The van der Waals surface area contributed by atoms with Gasteiger partial charge < -0.3 is 4.74 Å². The van der Waals surface area contributed by atoms with Gasteiger partial charge in [0, 0.05) is 12.4 Å². The molecule has 2 heterocycles. The van der Waals surface area contributed by atoms with E-state index in [0.29, 0.717) is 16.3 Å². The lowest BCUT2D eigenvalue weighted by Crippen LogP contribution is -1.97. The molecule has 6 nitrogen and oxygen atoms in total. The van der Waals surface area contributed by atoms with Crippen LogP contribution >= 0.6 is 12.2 Å². The number of aromatic nitrogens is 4. The molecule has 0 fully saturated rings. The molecule has 110 valence electrons. The number of ether oxygens (including phenoxy) is 1. The van der Waals surface area contributed by atoms with Crippen LogP contribution < -0.4 is 4.74 Å². The first-order chi connectivity index (χ1) is 10.8. The van der Waals surface area contributed by atoms with Gasteiger partial charge in [0.1, 0.15) is 5.75 Å². The van der Waals surface area contributed by atoms with Crippen molar-refractivity contribution in [3.8, 4) is 17.1 Å². The van der Waals surface area contributed by atoms with Gasteiger partial charge in [0.15, 0.2) is 5.82 Å². The Morgan fingerprint density at radius 1 is 1.23 bits per heavy atom. The lowest BCUT2D eigenvalue weighted by atomic mass is 10.2. The van der Waals surface area contributed by atoms with Crippen LogP contribution in [0.25, 0.3) is 11.4 Å². The Kier molecular flexibility index (Phi) is 4.06. The zero-order valence-corrected chi connectivity index (χ0v) is 12.6. The number of rotatable bonds is 4. The minimum absolute atomic E-state index is 0.409. The van der Waals surface area contributed by atoms with Crippen molar-refractivity contribution in [2.75, 3.05) is 7.11 Å². The molecule has 7 heteroatoms. The molecule has 1 N–H and O–H groups in total. The number of nitrogens with zero attached hydrogens (tertiary/aromatic N) is 4. The Morgan fingerprint density at radius 3 is 2.77 bits per heavy atom. The molecule has 0 amide bonds. The first-order valence-electron chi connectivity index (χ1n) is 6.55. The van der Waals surface area contributed by atoms with E-state index in [9.17, 15) is 0 Å². The number of pyridine rings is 1. The highest BCUT2D eigenvalue weighted by atomic mass is 32.1. The number of hydrogen-bond donors (Lipinski definition) is 1. The second-order valence-electron chi connectivity index (χ2n) is 4.39. The molecule has 0 saturated carbocycles. The van der Waals surface area contributed by atoms with Gasteiger partial charge in [-0.25, -0.2) is 5.10 Å². The number of methoxy groups -OCH3 is 1. The number of nitrogens with one attached hydrogen (secondary N) is 1. The van der Waals surface area contributed by atoms with Crippen molar-refractivity contribution in [1.82, 2.24) is 19.9 Å². The summed E-state index contributed by atoms with van der Waals surface area (Å²) in [4.78, 5) is 3.97. The molecule has 0 spiro atoms. The van der Waals surface area contributed by atoms with Crippen LogP contribution in [0.5, 0.6) is 5.75 Å². The quantitative estimate of drug-likeness (QED) is 0.594. The third-order valence-electron chi connectivity index (χ3n) is 3.03. The number of para-hydroxylation sites is 1. The maximum absolute atomic E-state index is 5.37. The SMILES string of the molecule is COc1ccccc1-c1n[nH]c(=S)n1/N=C\c1ccncc1. The maximum Gasteiger partial charge on any atom is 0.216 e. The summed E-state index contributed by atoms with van der Waals surface area (Å²) in [5.41, 5.74) is 1.73. The van der Waals surface area contributed by atoms with Crippen molar-refractivity contribution in [1.29, 1.82) is 0 Å². The van der Waals surface area contributed by atoms with E-state index in [2.05, 4.69) is 20.3 Å². The molecule has 0 radical (unpaired) electrons. The van der Waals surface area contributed by atoms with Gasteiger partial charge in [0.2, 0.25) is 4.77 Å². The summed E-state index contributed by atoms with van der Waals surface area (Å²) >= 11 is 5.25. The molecule has 0 bridgehead atoms. The van der Waals surface area contributed by atoms with Gasteiger partial charge in [-0.05, 0) is 42.0 Å². The molecular weight excluding hydrogens is 298 g/mol. The largest absolute Gasteiger partial charge is 0.496 e. The molecule has 3 rings (SSSR count). The van der Waals surface area contributed by atoms with E-state index in [1.807, 2.05) is 36.4 Å². The first kappa shape index (κ1) is 14.2. The van der Waals surface area contributed by atoms with Crippen molar-refractivity contribution >= 4 is 18.4 Å². The normalized spacial score (nSPS) is 11.0. The average molecular weight is 311 g/mol. The Labute approximate surface area is 132 Å². The van der Waals surface area contributed by atoms with Gasteiger partial charge in [-0.1, -0.05) is 12.1 Å². The molecular formula is C15H13N5OS. The van der Waals surface area contributed by atoms with Crippen LogP contribution in [-0.4, -0.2) is 33.2 Å². The highest BCUT2D eigenvalue weighted by Gasteiger charge is 2.12. The van der Waals surface area contributed by atoms with Gasteiger partial charge in [-0.3, -0.25) is 4.98 Å². The van der Waals surface area contributed by atoms with Crippen LogP contribution in [-0.2, 0) is 0 Å². The van der Waals surface area contributed by atoms with Crippen molar-refractivity contribution in [3.63, 3.8) is 0 Å². The van der Waals surface area contributed by atoms with Gasteiger partial charge in [0.25, 0.3) is 0 Å². The molecule has 1 aromatic carbocycles. The zero-order chi connectivity index (χ0) is 15.4. The summed E-state index contributed by atoms with van der Waals surface area (Å²) in [7, 11) is 1.62. The van der Waals surface area contributed by atoms with Crippen molar-refractivity contribution in [2.45, 2.75) is 0 Å². The van der Waals surface area contributed by atoms with E-state index in [1.165, 1.54) is 0 Å². The van der Waals surface area contributed by atoms with E-state index >= 15 is 0 Å². The van der Waals surface area contributed by atoms with Crippen LogP contribution in [0.4, 0.5) is 0 Å². The Balaban J connectivity index is 2.05. The molecule has 2 aromatic heterocycles. The fraction of sp³-hybridized carbons (Fsp3) is 0.0667. The summed E-state index contributed by atoms with van der Waals surface area (Å²) in [6, 6.07) is 11.3. The summed E-state index contributed by atoms with van der Waals surface area (Å²) in [5.74, 6) is 1.30. The Morgan fingerprint density at radius 2 is 2.00 bits per heavy atom. The maximum atomic E-state index is 5.37. The summed E-state index contributed by atoms with van der Waals surface area (Å²) in [6.07, 6.45) is 5.11. The predicted octanol–water partition coefficient (Wildman–Crippen LogP) is 2.89. The molecule has 0 aliphatic carbocycles. The molecule has 0 saturated heterocycles. The molecule has 0 aliphatic heterocycles. The van der Waals surface area contributed by atoms with Gasteiger partial charge in [-0.15, -0.1) is 0 Å². The molecule has 0 aliphatic rings. The number of H-pyrrole nitrogens is 1. The lowest BCUT2D eigenvalue weighted by Gasteiger charge is -2.06. The van der Waals surface area contributed by atoms with E-state index in [1.54, 1.807) is 30.4 Å². The van der Waals surface area contributed by atoms with Crippen LogP contribution in [0.2, 0.25) is 0 Å². The van der Waals surface area contributed by atoms with Crippen LogP contribution in [0.3, 0.4) is 0 Å². The van der Waals surface area contributed by atoms with E-state index in [0.717, 1.165) is 11.1 Å². The monoisotopic (exact) mass is 311 g/mol. The fourth-order valence-electron chi connectivity index (χ4n) is 1.98. The Hall–Kier alpha value is -2.80. The zero-order valence-electron chi connectivity index (χ0n) is 11.8. The van der Waals surface area contributed by atoms with Gasteiger partial charge in [-0.2, -0.15) is 14.9 Å². The third-order valence-corrected chi connectivity index (χ3v) is 3.29. The fourth-order valence-corrected chi connectivity index (χ4v) is 2.16. The molecule has 22 heavy (non-hydrogen) atoms. The Bertz CT molecular complexity index is 854. The minimum Gasteiger partial charge on any atom is -0.496 e. The molecule has 0 atom stereocenters. The van der Waals surface area contributed by atoms with Gasteiger partial charge in [0.05, 0.1) is 18.9 Å². The van der Waals surface area contributed by atoms with Crippen LogP contribution in [0.1, 0.15) is 5.56 Å². The van der Waals surface area contributed by atoms with Crippen molar-refractivity contribution in [2.24, 2.45) is 5.10 Å². The smallest absolute Gasteiger partial charge is 0.216 e. The summed E-state index contributed by atoms with van der Waals surface area (Å²) in [5, 5.41) is 11.4. The van der Waals surface area contributed by atoms with Crippen LogP contribution in [0.15, 0.2) is 53.9 Å². The average Bonchev–Trinajstić information content (AvgIpc) is 2.94. The lowest BCUT2D eigenvalue weighted by molar-refractivity contribution is 0.416. The summed E-state index contributed by atoms with van der Waals surface area (Å²) < 4.78 is 7.34. The molecule has 0 unspecified atom stereocenters. The van der Waals surface area contributed by atoms with Crippen molar-refractivity contribution in [3.05, 3.63) is 59.1 Å². The topological polar surface area (TPSA) is 68.1 Å². The second-order valence-corrected chi connectivity index (χ2v) is 4.78. The van der Waals surface area contributed by atoms with E-state index in [-0.39, 0.29) is 0 Å². The third kappa shape index (κ3) is 2.79. The first-order valence-corrected chi connectivity index (χ1v) is 6.95. The summed E-state index contributed by atoms with van der Waals surface area (Å²) in [6.45, 7) is 0. The minimum atomic E-state index is 0.409. The van der Waals surface area contributed by atoms with Gasteiger partial charge >= 0.3 is 0 Å². The highest BCUT2D eigenvalue weighted by molar-refractivity contribution is 7.71. The highest BCUT2D eigenvalue weighted by Crippen LogP contribution is 2.27. The standard InChI is InChI=1S/C15H13N5OS/c1-21-13-5-3-2-4-12(13)14-18-19-15(22)20(14)17-10-11-6-8-16-9-7-11/h2-10H,1H3,(H,19,22)/b17-10-. The number of benzene rings is 1. The predicted molar refractivity (Wildman–Crippen MR) is 86.6 cm³/mol.